The van der Waals surface area contributed by atoms with Crippen LogP contribution in [0.2, 0.25) is 0 Å². The number of nitrogens with zero attached hydrogens (tertiary/aromatic N) is 1. The van der Waals surface area contributed by atoms with Gasteiger partial charge < -0.3 is 9.84 Å². The van der Waals surface area contributed by atoms with Crippen LogP contribution in [0.1, 0.15) is 20.7 Å². The van der Waals surface area contributed by atoms with Crippen LogP contribution < -0.4 is 0 Å². The molecular weight excluding hydrogens is 246 g/mol. The summed E-state index contributed by atoms with van der Waals surface area (Å²) in [6.45, 7) is 0. The predicted octanol–water partition coefficient (Wildman–Crippen LogP) is 2.23. The molecule has 1 aromatic heterocycles. The van der Waals surface area contributed by atoms with Gasteiger partial charge in [-0.2, -0.15) is 0 Å². The fourth-order valence-corrected chi connectivity index (χ4v) is 1.75. The molecule has 0 spiro atoms. The molecule has 1 N–H and O–H groups in total. The van der Waals surface area contributed by atoms with E-state index in [1.165, 1.54) is 19.5 Å². The van der Waals surface area contributed by atoms with Crippen molar-refractivity contribution < 1.29 is 19.4 Å². The first-order valence-electron chi connectivity index (χ1n) is 5.49. The molecule has 2 rings (SSSR count). The number of carboxylic acid groups (broad SMARTS) is 1. The summed E-state index contributed by atoms with van der Waals surface area (Å²) in [6.07, 6.45) is 2.79. The number of hydrogen-bond donors (Lipinski definition) is 1. The molecule has 0 aliphatic rings. The number of aromatic nitrogens is 1. The van der Waals surface area contributed by atoms with E-state index in [0.29, 0.717) is 16.7 Å². The number of methoxy groups -OCH3 is 1. The largest absolute Gasteiger partial charge is 0.478 e. The molecule has 5 heteroatoms. The van der Waals surface area contributed by atoms with Crippen molar-refractivity contribution in [1.29, 1.82) is 0 Å². The molecule has 1 aromatic carbocycles. The number of carbonyl (C=O) groups excluding carboxylic acids is 1. The van der Waals surface area contributed by atoms with Crippen molar-refractivity contribution in [2.24, 2.45) is 0 Å². The van der Waals surface area contributed by atoms with Crippen molar-refractivity contribution >= 4 is 11.9 Å². The maximum Gasteiger partial charge on any atom is 0.337 e. The number of ether oxygens (including phenoxy) is 1. The lowest BCUT2D eigenvalue weighted by Gasteiger charge is -2.07. The highest BCUT2D eigenvalue weighted by molar-refractivity contribution is 5.97. The van der Waals surface area contributed by atoms with Crippen molar-refractivity contribution in [3.63, 3.8) is 0 Å². The minimum absolute atomic E-state index is 0.0875. The van der Waals surface area contributed by atoms with Crippen LogP contribution in [0.4, 0.5) is 0 Å². The number of carbonyl (C=O) groups is 2. The number of carboxylic acids is 1. The second-order valence-corrected chi connectivity index (χ2v) is 3.80. The lowest BCUT2D eigenvalue weighted by molar-refractivity contribution is 0.0600. The molecule has 0 unspecified atom stereocenters. The van der Waals surface area contributed by atoms with Gasteiger partial charge in [-0.05, 0) is 29.3 Å². The molecule has 0 saturated carbocycles. The van der Waals surface area contributed by atoms with Gasteiger partial charge >= 0.3 is 11.9 Å². The van der Waals surface area contributed by atoms with Gasteiger partial charge in [-0.3, -0.25) is 4.98 Å². The van der Waals surface area contributed by atoms with E-state index in [0.717, 1.165) is 0 Å². The Hall–Kier alpha value is -2.69. The SMILES string of the molecule is COC(=O)c1cccc(-c2ccncc2C(=O)O)c1. The fourth-order valence-electron chi connectivity index (χ4n) is 1.75. The van der Waals surface area contributed by atoms with Crippen molar-refractivity contribution in [2.45, 2.75) is 0 Å². The Labute approximate surface area is 109 Å². The van der Waals surface area contributed by atoms with E-state index >= 15 is 0 Å². The molecule has 0 aliphatic carbocycles. The molecule has 96 valence electrons. The number of aromatic carboxylic acids is 1. The van der Waals surface area contributed by atoms with Crippen LogP contribution in [0.5, 0.6) is 0 Å². The molecule has 5 nitrogen and oxygen atoms in total. The number of pyridine rings is 1. The fraction of sp³-hybridized carbons (Fsp3) is 0.0714. The maximum absolute atomic E-state index is 11.5. The molecule has 0 atom stereocenters. The number of rotatable bonds is 3. The zero-order valence-corrected chi connectivity index (χ0v) is 10.2. The number of hydrogen-bond acceptors (Lipinski definition) is 4. The van der Waals surface area contributed by atoms with E-state index in [1.54, 1.807) is 30.3 Å². The summed E-state index contributed by atoms with van der Waals surface area (Å²) in [5, 5.41) is 9.12. The highest BCUT2D eigenvalue weighted by atomic mass is 16.5. The highest BCUT2D eigenvalue weighted by Gasteiger charge is 2.13. The minimum atomic E-state index is -1.06. The van der Waals surface area contributed by atoms with E-state index in [2.05, 4.69) is 9.72 Å². The Morgan fingerprint density at radius 3 is 2.74 bits per heavy atom. The molecular formula is C14H11NO4. The topological polar surface area (TPSA) is 76.5 Å². The molecule has 1 heterocycles. The van der Waals surface area contributed by atoms with Gasteiger partial charge in [0.15, 0.2) is 0 Å². The Bertz CT molecular complexity index is 637. The third-order valence-electron chi connectivity index (χ3n) is 2.65. The first-order chi connectivity index (χ1) is 9.13. The zero-order chi connectivity index (χ0) is 13.8. The van der Waals surface area contributed by atoms with Crippen LogP contribution >= 0.6 is 0 Å². The normalized spacial score (nSPS) is 9.95. The van der Waals surface area contributed by atoms with Gasteiger partial charge in [0.25, 0.3) is 0 Å². The molecule has 0 bridgehead atoms. The van der Waals surface area contributed by atoms with Gasteiger partial charge in [0.1, 0.15) is 0 Å². The molecule has 2 aromatic rings. The number of benzene rings is 1. The second kappa shape index (κ2) is 5.30. The van der Waals surface area contributed by atoms with Crippen molar-refractivity contribution in [1.82, 2.24) is 4.98 Å². The first-order valence-corrected chi connectivity index (χ1v) is 5.49. The summed E-state index contributed by atoms with van der Waals surface area (Å²) >= 11 is 0. The predicted molar refractivity (Wildman–Crippen MR) is 68.0 cm³/mol. The van der Waals surface area contributed by atoms with E-state index in [1.807, 2.05) is 0 Å². The van der Waals surface area contributed by atoms with Crippen molar-refractivity contribution in [3.8, 4) is 11.1 Å². The van der Waals surface area contributed by atoms with E-state index in [4.69, 9.17) is 5.11 Å². The molecule has 0 fully saturated rings. The van der Waals surface area contributed by atoms with E-state index in [-0.39, 0.29) is 5.56 Å². The summed E-state index contributed by atoms with van der Waals surface area (Å²) in [7, 11) is 1.30. The summed E-state index contributed by atoms with van der Waals surface area (Å²) < 4.78 is 4.64. The Morgan fingerprint density at radius 1 is 1.26 bits per heavy atom. The Morgan fingerprint density at radius 2 is 2.05 bits per heavy atom. The van der Waals surface area contributed by atoms with Gasteiger partial charge in [-0.15, -0.1) is 0 Å². The van der Waals surface area contributed by atoms with Gasteiger partial charge in [-0.1, -0.05) is 12.1 Å². The van der Waals surface area contributed by atoms with Gasteiger partial charge in [0.2, 0.25) is 0 Å². The monoisotopic (exact) mass is 257 g/mol. The molecule has 19 heavy (non-hydrogen) atoms. The number of esters is 1. The molecule has 0 amide bonds. The highest BCUT2D eigenvalue weighted by Crippen LogP contribution is 2.24. The van der Waals surface area contributed by atoms with Crippen LogP contribution in [0.25, 0.3) is 11.1 Å². The van der Waals surface area contributed by atoms with Gasteiger partial charge in [0, 0.05) is 12.4 Å². The Balaban J connectivity index is 2.54. The van der Waals surface area contributed by atoms with Crippen LogP contribution in [-0.2, 0) is 4.74 Å². The second-order valence-electron chi connectivity index (χ2n) is 3.80. The average molecular weight is 257 g/mol. The minimum Gasteiger partial charge on any atom is -0.478 e. The molecule has 0 radical (unpaired) electrons. The summed E-state index contributed by atoms with van der Waals surface area (Å²) in [5.74, 6) is -1.53. The van der Waals surface area contributed by atoms with Crippen LogP contribution in [0.15, 0.2) is 42.7 Å². The maximum atomic E-state index is 11.5. The third kappa shape index (κ3) is 2.60. The van der Waals surface area contributed by atoms with Crippen LogP contribution in [-0.4, -0.2) is 29.1 Å². The Kier molecular flexibility index (Phi) is 3.56. The third-order valence-corrected chi connectivity index (χ3v) is 2.65. The standard InChI is InChI=1S/C14H11NO4/c1-19-14(18)10-4-2-3-9(7-10)11-5-6-15-8-12(11)13(16)17/h2-8H,1H3,(H,16,17). The quantitative estimate of drug-likeness (QED) is 0.853. The molecule has 0 aliphatic heterocycles. The lowest BCUT2D eigenvalue weighted by atomic mass is 10.00. The average Bonchev–Trinajstić information content (AvgIpc) is 2.46. The van der Waals surface area contributed by atoms with Crippen LogP contribution in [0, 0.1) is 0 Å². The van der Waals surface area contributed by atoms with E-state index < -0.39 is 11.9 Å². The smallest absolute Gasteiger partial charge is 0.337 e. The van der Waals surface area contributed by atoms with Gasteiger partial charge in [0.05, 0.1) is 18.2 Å². The van der Waals surface area contributed by atoms with Crippen molar-refractivity contribution in [2.75, 3.05) is 7.11 Å². The first kappa shape index (κ1) is 12.8. The van der Waals surface area contributed by atoms with Crippen molar-refractivity contribution in [3.05, 3.63) is 53.9 Å². The summed E-state index contributed by atoms with van der Waals surface area (Å²) in [6, 6.07) is 8.20. The summed E-state index contributed by atoms with van der Waals surface area (Å²) in [4.78, 5) is 26.4. The molecule has 0 saturated heterocycles. The van der Waals surface area contributed by atoms with Crippen LogP contribution in [0.3, 0.4) is 0 Å². The zero-order valence-electron chi connectivity index (χ0n) is 10.2. The van der Waals surface area contributed by atoms with Gasteiger partial charge in [-0.25, -0.2) is 9.59 Å². The lowest BCUT2D eigenvalue weighted by Crippen LogP contribution is -2.03. The van der Waals surface area contributed by atoms with E-state index in [9.17, 15) is 9.59 Å². The summed E-state index contributed by atoms with van der Waals surface area (Å²) in [5.41, 5.74) is 1.59.